The van der Waals surface area contributed by atoms with Gasteiger partial charge in [-0.3, -0.25) is 0 Å². The third kappa shape index (κ3) is 1.20. The van der Waals surface area contributed by atoms with Crippen molar-refractivity contribution in [2.24, 2.45) is 0 Å². The van der Waals surface area contributed by atoms with Crippen LogP contribution in [-0.4, -0.2) is 0 Å². The molecule has 1 aliphatic carbocycles. The largest absolute Gasteiger partial charge is 0.193 e. The summed E-state index contributed by atoms with van der Waals surface area (Å²) in [6.45, 7) is 1.98. The molecule has 0 N–H and O–H groups in total. The second-order valence-electron chi connectivity index (χ2n) is 2.21. The Hall–Kier alpha value is -1.03. The standard InChI is InChI=1S/C8H9N/c1-7-4-2-3-5-8(7)6-9/h2,4H,3,5H2,1H3. The minimum Gasteiger partial charge on any atom is -0.193 e. The molecular formula is C8H9N. The Kier molecular flexibility index (Phi) is 1.69. The highest BCUT2D eigenvalue weighted by atomic mass is 14.3. The molecule has 0 aromatic rings. The van der Waals surface area contributed by atoms with Crippen LogP contribution in [-0.2, 0) is 0 Å². The first kappa shape index (κ1) is 6.10. The number of allylic oxidation sites excluding steroid dienone is 4. The smallest absolute Gasteiger partial charge is 0.0949 e. The van der Waals surface area contributed by atoms with Crippen molar-refractivity contribution in [3.05, 3.63) is 23.3 Å². The monoisotopic (exact) mass is 119 g/mol. The van der Waals surface area contributed by atoms with E-state index in [2.05, 4.69) is 12.1 Å². The van der Waals surface area contributed by atoms with E-state index in [-0.39, 0.29) is 0 Å². The fraction of sp³-hybridized carbons (Fsp3) is 0.375. The average Bonchev–Trinajstić information content (AvgIpc) is 1.89. The summed E-state index contributed by atoms with van der Waals surface area (Å²) in [4.78, 5) is 0. The van der Waals surface area contributed by atoms with Crippen molar-refractivity contribution in [1.82, 2.24) is 0 Å². The van der Waals surface area contributed by atoms with Gasteiger partial charge in [-0.25, -0.2) is 0 Å². The Balaban J connectivity index is 2.88. The summed E-state index contributed by atoms with van der Waals surface area (Å²) < 4.78 is 0. The summed E-state index contributed by atoms with van der Waals surface area (Å²) in [5.41, 5.74) is 2.07. The van der Waals surface area contributed by atoms with Crippen molar-refractivity contribution < 1.29 is 0 Å². The van der Waals surface area contributed by atoms with Crippen LogP contribution in [0.5, 0.6) is 0 Å². The Morgan fingerprint density at radius 3 is 2.89 bits per heavy atom. The number of nitrogens with zero attached hydrogens (tertiary/aromatic N) is 1. The maximum absolute atomic E-state index is 8.52. The molecule has 0 amide bonds. The first-order chi connectivity index (χ1) is 4.34. The molecule has 1 heteroatoms. The normalized spacial score (nSPS) is 17.8. The van der Waals surface area contributed by atoms with Crippen LogP contribution in [0.15, 0.2) is 23.3 Å². The molecule has 0 saturated carbocycles. The maximum Gasteiger partial charge on any atom is 0.0949 e. The van der Waals surface area contributed by atoms with E-state index in [1.807, 2.05) is 13.0 Å². The van der Waals surface area contributed by atoms with Crippen LogP contribution >= 0.6 is 0 Å². The fourth-order valence-electron chi connectivity index (χ4n) is 0.930. The molecule has 1 aliphatic rings. The average molecular weight is 119 g/mol. The van der Waals surface area contributed by atoms with Crippen molar-refractivity contribution in [3.8, 4) is 6.07 Å². The highest BCUT2D eigenvalue weighted by Crippen LogP contribution is 2.16. The highest BCUT2D eigenvalue weighted by Gasteiger charge is 2.01. The summed E-state index contributed by atoms with van der Waals surface area (Å²) in [6.07, 6.45) is 6.08. The molecular weight excluding hydrogens is 110 g/mol. The van der Waals surface area contributed by atoms with Gasteiger partial charge >= 0.3 is 0 Å². The van der Waals surface area contributed by atoms with Gasteiger partial charge in [0, 0.05) is 5.57 Å². The lowest BCUT2D eigenvalue weighted by Gasteiger charge is -2.03. The van der Waals surface area contributed by atoms with Crippen LogP contribution in [0.2, 0.25) is 0 Å². The Morgan fingerprint density at radius 1 is 1.67 bits per heavy atom. The minimum atomic E-state index is 0.929. The van der Waals surface area contributed by atoms with E-state index in [1.165, 1.54) is 0 Å². The molecule has 1 nitrogen and oxygen atoms in total. The topological polar surface area (TPSA) is 23.8 Å². The van der Waals surface area contributed by atoms with E-state index in [1.54, 1.807) is 0 Å². The summed E-state index contributed by atoms with van der Waals surface area (Å²) in [6, 6.07) is 2.18. The van der Waals surface area contributed by atoms with Gasteiger partial charge in [-0.2, -0.15) is 5.26 Å². The Morgan fingerprint density at radius 2 is 2.44 bits per heavy atom. The van der Waals surface area contributed by atoms with Gasteiger partial charge in [0.2, 0.25) is 0 Å². The molecule has 0 aliphatic heterocycles. The number of hydrogen-bond acceptors (Lipinski definition) is 1. The quantitative estimate of drug-likeness (QED) is 0.479. The summed E-state index contributed by atoms with van der Waals surface area (Å²) in [5.74, 6) is 0. The van der Waals surface area contributed by atoms with Crippen LogP contribution in [0.25, 0.3) is 0 Å². The molecule has 0 fully saturated rings. The lowest BCUT2D eigenvalue weighted by atomic mass is 10.0. The molecule has 0 saturated heterocycles. The fourth-order valence-corrected chi connectivity index (χ4v) is 0.930. The lowest BCUT2D eigenvalue weighted by Crippen LogP contribution is -1.88. The van der Waals surface area contributed by atoms with Gasteiger partial charge in [-0.1, -0.05) is 12.2 Å². The zero-order valence-corrected chi connectivity index (χ0v) is 5.52. The predicted octanol–water partition coefficient (Wildman–Crippen LogP) is 2.18. The number of nitriles is 1. The van der Waals surface area contributed by atoms with Crippen LogP contribution in [0.1, 0.15) is 19.8 Å². The van der Waals surface area contributed by atoms with Crippen LogP contribution in [0, 0.1) is 11.3 Å². The SMILES string of the molecule is CC1=C(C#N)CCC=C1. The van der Waals surface area contributed by atoms with Gasteiger partial charge in [0.1, 0.15) is 0 Å². The zero-order chi connectivity index (χ0) is 6.69. The summed E-state index contributed by atoms with van der Waals surface area (Å²) in [7, 11) is 0. The summed E-state index contributed by atoms with van der Waals surface area (Å²) >= 11 is 0. The van der Waals surface area contributed by atoms with E-state index in [0.717, 1.165) is 24.0 Å². The van der Waals surface area contributed by atoms with Crippen molar-refractivity contribution in [3.63, 3.8) is 0 Å². The molecule has 0 spiro atoms. The van der Waals surface area contributed by atoms with Gasteiger partial charge in [0.05, 0.1) is 6.07 Å². The highest BCUT2D eigenvalue weighted by molar-refractivity contribution is 5.36. The third-order valence-corrected chi connectivity index (χ3v) is 1.54. The third-order valence-electron chi connectivity index (χ3n) is 1.54. The van der Waals surface area contributed by atoms with Crippen LogP contribution < -0.4 is 0 Å². The first-order valence-electron chi connectivity index (χ1n) is 3.11. The second-order valence-corrected chi connectivity index (χ2v) is 2.21. The molecule has 0 aromatic carbocycles. The van der Waals surface area contributed by atoms with Crippen LogP contribution in [0.4, 0.5) is 0 Å². The van der Waals surface area contributed by atoms with Gasteiger partial charge in [0.15, 0.2) is 0 Å². The van der Waals surface area contributed by atoms with Crippen molar-refractivity contribution >= 4 is 0 Å². The molecule has 0 heterocycles. The molecule has 0 atom stereocenters. The van der Waals surface area contributed by atoms with Crippen molar-refractivity contribution in [1.29, 1.82) is 5.26 Å². The molecule has 9 heavy (non-hydrogen) atoms. The van der Waals surface area contributed by atoms with Gasteiger partial charge < -0.3 is 0 Å². The number of rotatable bonds is 0. The Bertz CT molecular complexity index is 203. The van der Waals surface area contributed by atoms with Crippen LogP contribution in [0.3, 0.4) is 0 Å². The minimum absolute atomic E-state index is 0.929. The molecule has 1 rings (SSSR count). The van der Waals surface area contributed by atoms with E-state index in [0.29, 0.717) is 0 Å². The van der Waals surface area contributed by atoms with E-state index >= 15 is 0 Å². The molecule has 0 aromatic heterocycles. The second kappa shape index (κ2) is 2.50. The molecule has 0 unspecified atom stereocenters. The van der Waals surface area contributed by atoms with Gasteiger partial charge in [-0.05, 0) is 25.3 Å². The predicted molar refractivity (Wildman–Crippen MR) is 36.7 cm³/mol. The molecule has 0 bridgehead atoms. The molecule has 0 radical (unpaired) electrons. The zero-order valence-electron chi connectivity index (χ0n) is 5.52. The number of hydrogen-bond donors (Lipinski definition) is 0. The van der Waals surface area contributed by atoms with Gasteiger partial charge in [0.25, 0.3) is 0 Å². The van der Waals surface area contributed by atoms with Crippen molar-refractivity contribution in [2.45, 2.75) is 19.8 Å². The van der Waals surface area contributed by atoms with Crippen molar-refractivity contribution in [2.75, 3.05) is 0 Å². The van der Waals surface area contributed by atoms with E-state index < -0.39 is 0 Å². The molecule has 46 valence electrons. The summed E-state index contributed by atoms with van der Waals surface area (Å²) in [5, 5.41) is 8.52. The van der Waals surface area contributed by atoms with E-state index in [4.69, 9.17) is 5.26 Å². The van der Waals surface area contributed by atoms with Gasteiger partial charge in [-0.15, -0.1) is 0 Å². The maximum atomic E-state index is 8.52. The Labute approximate surface area is 55.3 Å². The van der Waals surface area contributed by atoms with E-state index in [9.17, 15) is 0 Å². The first-order valence-corrected chi connectivity index (χ1v) is 3.11. The lowest BCUT2D eigenvalue weighted by molar-refractivity contribution is 0.973.